The molecule has 1 heterocycles. The Hall–Kier alpha value is -2.90. The molecule has 0 aliphatic carbocycles. The van der Waals surface area contributed by atoms with Crippen LogP contribution in [0.25, 0.3) is 0 Å². The van der Waals surface area contributed by atoms with Gasteiger partial charge in [0.2, 0.25) is 5.91 Å². The van der Waals surface area contributed by atoms with E-state index in [-0.39, 0.29) is 19.0 Å². The predicted octanol–water partition coefficient (Wildman–Crippen LogP) is 1.59. The monoisotopic (exact) mass is 375 g/mol. The van der Waals surface area contributed by atoms with Crippen molar-refractivity contribution >= 4 is 23.8 Å². The van der Waals surface area contributed by atoms with Gasteiger partial charge in [-0.05, 0) is 31.0 Å². The maximum atomic E-state index is 12.5. The van der Waals surface area contributed by atoms with Crippen molar-refractivity contribution in [3.05, 3.63) is 35.4 Å². The number of amides is 4. The number of methoxy groups -OCH3 is 1. The van der Waals surface area contributed by atoms with E-state index in [2.05, 4.69) is 15.4 Å². The van der Waals surface area contributed by atoms with Gasteiger partial charge in [-0.25, -0.2) is 9.59 Å². The number of urea groups is 1. The summed E-state index contributed by atoms with van der Waals surface area (Å²) in [5.41, 5.74) is 0.246. The molecule has 1 aliphatic rings. The summed E-state index contributed by atoms with van der Waals surface area (Å²) in [6.07, 6.45) is 2.26. The number of esters is 1. The highest BCUT2D eigenvalue weighted by atomic mass is 16.5. The molecule has 1 aromatic rings. The van der Waals surface area contributed by atoms with Gasteiger partial charge in [-0.1, -0.05) is 31.9 Å². The maximum Gasteiger partial charge on any atom is 0.337 e. The van der Waals surface area contributed by atoms with E-state index in [0.717, 1.165) is 23.3 Å². The molecule has 1 atom stereocenters. The summed E-state index contributed by atoms with van der Waals surface area (Å²) in [4.78, 5) is 49.1. The fraction of sp³-hybridized carbons (Fsp3) is 0.474. The molecular weight excluding hydrogens is 350 g/mol. The maximum absolute atomic E-state index is 12.5. The minimum atomic E-state index is -0.947. The molecule has 0 bridgehead atoms. The lowest BCUT2D eigenvalue weighted by Crippen LogP contribution is -2.45. The number of ether oxygens (including phenoxy) is 1. The third-order valence-electron chi connectivity index (χ3n) is 4.54. The average Bonchev–Trinajstić information content (AvgIpc) is 2.88. The third-order valence-corrected chi connectivity index (χ3v) is 4.54. The molecular formula is C19H25N3O5. The normalized spacial score (nSPS) is 19.0. The van der Waals surface area contributed by atoms with Crippen LogP contribution in [0.5, 0.6) is 0 Å². The molecule has 2 rings (SSSR count). The van der Waals surface area contributed by atoms with Crippen molar-refractivity contribution in [2.75, 3.05) is 13.7 Å². The van der Waals surface area contributed by atoms with E-state index in [4.69, 9.17) is 0 Å². The summed E-state index contributed by atoms with van der Waals surface area (Å²) in [6, 6.07) is 6.05. The van der Waals surface area contributed by atoms with E-state index in [0.29, 0.717) is 12.0 Å². The first-order valence-electron chi connectivity index (χ1n) is 8.88. The number of unbranched alkanes of at least 4 members (excludes halogenated alkanes) is 1. The highest BCUT2D eigenvalue weighted by Crippen LogP contribution is 2.23. The molecule has 8 nitrogen and oxygen atoms in total. The number of nitrogens with one attached hydrogen (secondary N) is 2. The van der Waals surface area contributed by atoms with E-state index < -0.39 is 23.4 Å². The van der Waals surface area contributed by atoms with Crippen LogP contribution < -0.4 is 10.6 Å². The summed E-state index contributed by atoms with van der Waals surface area (Å²) in [5, 5.41) is 5.35. The second-order valence-corrected chi connectivity index (χ2v) is 6.72. The molecule has 1 saturated heterocycles. The Morgan fingerprint density at radius 2 is 1.89 bits per heavy atom. The van der Waals surface area contributed by atoms with Crippen LogP contribution in [0, 0.1) is 0 Å². The van der Waals surface area contributed by atoms with Crippen molar-refractivity contribution in [2.45, 2.75) is 45.2 Å². The number of nitrogens with zero attached hydrogens (tertiary/aromatic N) is 1. The van der Waals surface area contributed by atoms with Crippen molar-refractivity contribution in [3.8, 4) is 0 Å². The van der Waals surface area contributed by atoms with Crippen LogP contribution in [0.3, 0.4) is 0 Å². The molecule has 0 radical (unpaired) electrons. The highest BCUT2D eigenvalue weighted by Gasteiger charge is 2.47. The highest BCUT2D eigenvalue weighted by molar-refractivity contribution is 6.08. The Bertz CT molecular complexity index is 731. The Morgan fingerprint density at radius 1 is 1.22 bits per heavy atom. The Labute approximate surface area is 158 Å². The van der Waals surface area contributed by atoms with E-state index in [1.165, 1.54) is 7.11 Å². The van der Waals surface area contributed by atoms with Crippen LogP contribution in [0.4, 0.5) is 4.79 Å². The molecule has 1 aliphatic heterocycles. The van der Waals surface area contributed by atoms with Crippen molar-refractivity contribution in [1.29, 1.82) is 0 Å². The van der Waals surface area contributed by atoms with Gasteiger partial charge < -0.3 is 15.4 Å². The van der Waals surface area contributed by atoms with Gasteiger partial charge in [0.25, 0.3) is 5.91 Å². The van der Waals surface area contributed by atoms with Crippen LogP contribution >= 0.6 is 0 Å². The Morgan fingerprint density at radius 3 is 2.48 bits per heavy atom. The number of imide groups is 1. The molecule has 27 heavy (non-hydrogen) atoms. The molecule has 0 unspecified atom stereocenters. The zero-order chi connectivity index (χ0) is 20.0. The first-order valence-corrected chi connectivity index (χ1v) is 8.88. The van der Waals surface area contributed by atoms with E-state index in [9.17, 15) is 19.2 Å². The van der Waals surface area contributed by atoms with Gasteiger partial charge in [-0.15, -0.1) is 0 Å². The second-order valence-electron chi connectivity index (χ2n) is 6.72. The lowest BCUT2D eigenvalue weighted by molar-refractivity contribution is -0.134. The van der Waals surface area contributed by atoms with Gasteiger partial charge in [0.05, 0.1) is 12.7 Å². The average molecular weight is 375 g/mol. The lowest BCUT2D eigenvalue weighted by Gasteiger charge is -2.21. The summed E-state index contributed by atoms with van der Waals surface area (Å²) in [7, 11) is 1.31. The molecule has 0 aromatic heterocycles. The zero-order valence-electron chi connectivity index (χ0n) is 15.8. The van der Waals surface area contributed by atoms with Gasteiger partial charge in [0.15, 0.2) is 0 Å². The molecule has 1 aromatic carbocycles. The smallest absolute Gasteiger partial charge is 0.337 e. The Kier molecular flexibility index (Phi) is 6.55. The minimum Gasteiger partial charge on any atom is -0.465 e. The molecule has 1 fully saturated rings. The van der Waals surface area contributed by atoms with Crippen molar-refractivity contribution in [1.82, 2.24) is 15.5 Å². The molecule has 2 N–H and O–H groups in total. The first kappa shape index (κ1) is 20.4. The number of carbonyl (C=O) groups excluding carboxylic acids is 4. The topological polar surface area (TPSA) is 105 Å². The Balaban J connectivity index is 1.89. The quantitative estimate of drug-likeness (QED) is 0.530. The molecule has 0 saturated carbocycles. The van der Waals surface area contributed by atoms with Gasteiger partial charge in [-0.3, -0.25) is 14.5 Å². The summed E-state index contributed by atoms with van der Waals surface area (Å²) in [5.74, 6) is -1.25. The molecule has 146 valence electrons. The van der Waals surface area contributed by atoms with Gasteiger partial charge in [0, 0.05) is 6.54 Å². The fourth-order valence-corrected chi connectivity index (χ4v) is 2.87. The van der Waals surface area contributed by atoms with Crippen LogP contribution in [-0.4, -0.2) is 47.9 Å². The van der Waals surface area contributed by atoms with Crippen molar-refractivity contribution < 1.29 is 23.9 Å². The lowest BCUT2D eigenvalue weighted by atomic mass is 9.95. The van der Waals surface area contributed by atoms with Crippen molar-refractivity contribution in [2.24, 2.45) is 0 Å². The summed E-state index contributed by atoms with van der Waals surface area (Å²) < 4.78 is 4.63. The second kappa shape index (κ2) is 8.66. The van der Waals surface area contributed by atoms with Crippen LogP contribution in [-0.2, 0) is 20.9 Å². The van der Waals surface area contributed by atoms with E-state index in [1.807, 2.05) is 6.92 Å². The largest absolute Gasteiger partial charge is 0.465 e. The number of rotatable bonds is 8. The van der Waals surface area contributed by atoms with Gasteiger partial charge >= 0.3 is 12.0 Å². The SMILES string of the molecule is CCCC[C@@]1(C)NC(=O)N(CC(=O)NCc2ccc(C(=O)OC)cc2)C1=O. The summed E-state index contributed by atoms with van der Waals surface area (Å²) >= 11 is 0. The first-order chi connectivity index (χ1) is 12.8. The van der Waals surface area contributed by atoms with Gasteiger partial charge in [-0.2, -0.15) is 0 Å². The zero-order valence-corrected chi connectivity index (χ0v) is 15.8. The number of carbonyl (C=O) groups is 4. The van der Waals surface area contributed by atoms with Crippen LogP contribution in [0.2, 0.25) is 0 Å². The van der Waals surface area contributed by atoms with Crippen LogP contribution in [0.1, 0.15) is 49.0 Å². The number of hydrogen-bond acceptors (Lipinski definition) is 5. The van der Waals surface area contributed by atoms with E-state index in [1.54, 1.807) is 31.2 Å². The molecule has 4 amide bonds. The van der Waals surface area contributed by atoms with Crippen molar-refractivity contribution in [3.63, 3.8) is 0 Å². The van der Waals surface area contributed by atoms with Gasteiger partial charge in [0.1, 0.15) is 12.1 Å². The van der Waals surface area contributed by atoms with E-state index >= 15 is 0 Å². The molecule has 0 spiro atoms. The predicted molar refractivity (Wildman–Crippen MR) is 97.8 cm³/mol. The van der Waals surface area contributed by atoms with Crippen LogP contribution in [0.15, 0.2) is 24.3 Å². The number of benzene rings is 1. The standard InChI is InChI=1S/C19H25N3O5/c1-4-5-10-19(2)17(25)22(18(26)21-19)12-15(23)20-11-13-6-8-14(9-7-13)16(24)27-3/h6-9H,4-5,10-12H2,1-3H3,(H,20,23)(H,21,26)/t19-/m1/s1. The summed E-state index contributed by atoms with van der Waals surface area (Å²) in [6.45, 7) is 3.58. The molecule has 8 heteroatoms. The third kappa shape index (κ3) is 4.84. The number of hydrogen-bond donors (Lipinski definition) is 2. The minimum absolute atomic E-state index is 0.219. The fourth-order valence-electron chi connectivity index (χ4n) is 2.87.